The highest BCUT2D eigenvalue weighted by molar-refractivity contribution is 7.98. The molecule has 0 saturated carbocycles. The fourth-order valence-electron chi connectivity index (χ4n) is 2.04. The van der Waals surface area contributed by atoms with Crippen molar-refractivity contribution in [3.63, 3.8) is 0 Å². The highest BCUT2D eigenvalue weighted by atomic mass is 32.2. The fourth-order valence-corrected chi connectivity index (χ4v) is 3.64. The van der Waals surface area contributed by atoms with Crippen LogP contribution in [-0.2, 0) is 0 Å². The third-order valence-electron chi connectivity index (χ3n) is 3.15. The number of nitrogens with two attached hydrogens (primary N) is 1. The Labute approximate surface area is 121 Å². The van der Waals surface area contributed by atoms with E-state index in [9.17, 15) is 0 Å². The lowest BCUT2D eigenvalue weighted by Gasteiger charge is -2.28. The molecular weight excluding hydrogens is 278 g/mol. The quantitative estimate of drug-likeness (QED) is 0.631. The molecule has 0 fully saturated rings. The summed E-state index contributed by atoms with van der Waals surface area (Å²) in [6, 6.07) is 2.52. The van der Waals surface area contributed by atoms with Gasteiger partial charge in [0.05, 0.1) is 5.39 Å². The van der Waals surface area contributed by atoms with E-state index in [-0.39, 0.29) is 0 Å². The van der Waals surface area contributed by atoms with Gasteiger partial charge in [0.2, 0.25) is 5.95 Å². The summed E-state index contributed by atoms with van der Waals surface area (Å²) in [6.45, 7) is 2.20. The van der Waals surface area contributed by atoms with Crippen molar-refractivity contribution in [3.8, 4) is 0 Å². The number of hydrazine groups is 1. The molecule has 3 N–H and O–H groups in total. The molecule has 104 valence electrons. The number of nitrogens with one attached hydrogen (secondary N) is 1. The van der Waals surface area contributed by atoms with Gasteiger partial charge in [0, 0.05) is 18.8 Å². The molecule has 0 aliphatic heterocycles. The van der Waals surface area contributed by atoms with Gasteiger partial charge in [-0.05, 0) is 24.1 Å². The standard InChI is InChI=1S/C12H19N5S2/c1-4-8(7-18-3)17(2)10-9-5-6-19-11(9)15-12(14-10)16-13/h5-6,8H,4,7,13H2,1-3H3,(H,14,15,16). The Morgan fingerprint density at radius 3 is 2.95 bits per heavy atom. The van der Waals surface area contributed by atoms with Crippen LogP contribution in [0, 0.1) is 0 Å². The third kappa shape index (κ3) is 2.93. The van der Waals surface area contributed by atoms with Gasteiger partial charge >= 0.3 is 0 Å². The maximum Gasteiger partial charge on any atom is 0.240 e. The van der Waals surface area contributed by atoms with E-state index < -0.39 is 0 Å². The Morgan fingerprint density at radius 1 is 1.53 bits per heavy atom. The van der Waals surface area contributed by atoms with Crippen molar-refractivity contribution in [3.05, 3.63) is 11.4 Å². The molecule has 0 saturated heterocycles. The molecule has 2 heterocycles. The van der Waals surface area contributed by atoms with Crippen molar-refractivity contribution >= 4 is 45.1 Å². The zero-order valence-electron chi connectivity index (χ0n) is 11.4. The van der Waals surface area contributed by atoms with E-state index in [1.54, 1.807) is 11.3 Å². The number of nitrogens with zero attached hydrogens (tertiary/aromatic N) is 3. The number of anilines is 2. The summed E-state index contributed by atoms with van der Waals surface area (Å²) in [4.78, 5) is 12.1. The van der Waals surface area contributed by atoms with Crippen LogP contribution in [-0.4, -0.2) is 35.1 Å². The molecule has 2 rings (SSSR count). The van der Waals surface area contributed by atoms with Crippen molar-refractivity contribution < 1.29 is 0 Å². The number of hydrogen-bond acceptors (Lipinski definition) is 7. The van der Waals surface area contributed by atoms with Crippen LogP contribution in [0.3, 0.4) is 0 Å². The Hall–Kier alpha value is -1.05. The summed E-state index contributed by atoms with van der Waals surface area (Å²) in [5, 5.41) is 3.12. The highest BCUT2D eigenvalue weighted by Gasteiger charge is 2.18. The first kappa shape index (κ1) is 14.4. The molecule has 0 bridgehead atoms. The van der Waals surface area contributed by atoms with Crippen LogP contribution in [0.25, 0.3) is 10.2 Å². The summed E-state index contributed by atoms with van der Waals surface area (Å²) in [6.07, 6.45) is 3.21. The molecule has 0 radical (unpaired) electrons. The van der Waals surface area contributed by atoms with Gasteiger partial charge in [-0.1, -0.05) is 6.92 Å². The van der Waals surface area contributed by atoms with E-state index in [1.165, 1.54) is 0 Å². The maximum atomic E-state index is 5.45. The molecule has 5 nitrogen and oxygen atoms in total. The Morgan fingerprint density at radius 2 is 2.32 bits per heavy atom. The molecule has 2 aromatic rings. The van der Waals surface area contributed by atoms with Crippen LogP contribution in [0.1, 0.15) is 13.3 Å². The first-order chi connectivity index (χ1) is 9.21. The van der Waals surface area contributed by atoms with Gasteiger partial charge < -0.3 is 4.90 Å². The molecule has 1 atom stereocenters. The maximum absolute atomic E-state index is 5.45. The minimum Gasteiger partial charge on any atom is -0.355 e. The number of fused-ring (bicyclic) bond motifs is 1. The summed E-state index contributed by atoms with van der Waals surface area (Å²) in [7, 11) is 2.09. The lowest BCUT2D eigenvalue weighted by atomic mass is 10.2. The lowest BCUT2D eigenvalue weighted by Crippen LogP contribution is -2.34. The minimum atomic E-state index is 0.457. The van der Waals surface area contributed by atoms with Gasteiger partial charge in [0.1, 0.15) is 10.6 Å². The number of thioether (sulfide) groups is 1. The number of nitrogen functional groups attached to an aromatic ring is 1. The molecule has 0 amide bonds. The summed E-state index contributed by atoms with van der Waals surface area (Å²) < 4.78 is 0. The number of thiophene rings is 1. The third-order valence-corrected chi connectivity index (χ3v) is 4.67. The monoisotopic (exact) mass is 297 g/mol. The molecule has 7 heteroatoms. The smallest absolute Gasteiger partial charge is 0.240 e. The molecule has 0 aromatic carbocycles. The van der Waals surface area contributed by atoms with E-state index >= 15 is 0 Å². The molecule has 19 heavy (non-hydrogen) atoms. The second-order valence-corrected chi connectivity index (χ2v) is 6.09. The first-order valence-corrected chi connectivity index (χ1v) is 8.42. The average molecular weight is 297 g/mol. The largest absolute Gasteiger partial charge is 0.355 e. The van der Waals surface area contributed by atoms with Crippen molar-refractivity contribution in [1.29, 1.82) is 0 Å². The van der Waals surface area contributed by atoms with Gasteiger partial charge in [-0.15, -0.1) is 11.3 Å². The van der Waals surface area contributed by atoms with E-state index in [4.69, 9.17) is 5.84 Å². The van der Waals surface area contributed by atoms with Gasteiger partial charge in [-0.2, -0.15) is 16.7 Å². The summed E-state index contributed by atoms with van der Waals surface area (Å²) in [5.41, 5.74) is 2.55. The second kappa shape index (κ2) is 6.40. The van der Waals surface area contributed by atoms with Gasteiger partial charge in [-0.25, -0.2) is 10.8 Å². The van der Waals surface area contributed by atoms with E-state index in [1.807, 2.05) is 17.1 Å². The van der Waals surface area contributed by atoms with Crippen LogP contribution >= 0.6 is 23.1 Å². The van der Waals surface area contributed by atoms with Crippen LogP contribution in [0.2, 0.25) is 0 Å². The van der Waals surface area contributed by atoms with Crippen molar-refractivity contribution in [2.45, 2.75) is 19.4 Å². The average Bonchev–Trinajstić information content (AvgIpc) is 2.91. The molecule has 2 aromatic heterocycles. The van der Waals surface area contributed by atoms with Gasteiger partial charge in [0.15, 0.2) is 0 Å². The van der Waals surface area contributed by atoms with Gasteiger partial charge in [-0.3, -0.25) is 5.43 Å². The van der Waals surface area contributed by atoms with E-state index in [0.29, 0.717) is 12.0 Å². The second-order valence-electron chi connectivity index (χ2n) is 4.28. The Kier molecular flexibility index (Phi) is 4.84. The molecule has 0 aliphatic rings. The van der Waals surface area contributed by atoms with Crippen LogP contribution in [0.15, 0.2) is 11.4 Å². The highest BCUT2D eigenvalue weighted by Crippen LogP contribution is 2.30. The van der Waals surface area contributed by atoms with Crippen LogP contribution < -0.4 is 16.2 Å². The van der Waals surface area contributed by atoms with E-state index in [0.717, 1.165) is 28.2 Å². The zero-order chi connectivity index (χ0) is 13.8. The topological polar surface area (TPSA) is 67.1 Å². The zero-order valence-corrected chi connectivity index (χ0v) is 13.0. The van der Waals surface area contributed by atoms with Crippen LogP contribution in [0.5, 0.6) is 0 Å². The number of rotatable bonds is 6. The summed E-state index contributed by atoms with van der Waals surface area (Å²) >= 11 is 3.45. The predicted octanol–water partition coefficient (Wildman–Crippen LogP) is 2.55. The molecule has 0 aliphatic carbocycles. The molecule has 1 unspecified atom stereocenters. The normalized spacial score (nSPS) is 12.6. The summed E-state index contributed by atoms with van der Waals surface area (Å²) in [5.74, 6) is 7.94. The first-order valence-electron chi connectivity index (χ1n) is 6.14. The van der Waals surface area contributed by atoms with E-state index in [2.05, 4.69) is 46.6 Å². The van der Waals surface area contributed by atoms with Crippen LogP contribution in [0.4, 0.5) is 11.8 Å². The number of aromatic nitrogens is 2. The van der Waals surface area contributed by atoms with Crippen molar-refractivity contribution in [1.82, 2.24) is 9.97 Å². The SMILES string of the molecule is CCC(CSC)N(C)c1nc(NN)nc2sccc12. The number of hydrogen-bond donors (Lipinski definition) is 2. The van der Waals surface area contributed by atoms with Gasteiger partial charge in [0.25, 0.3) is 0 Å². The van der Waals surface area contributed by atoms with Crippen molar-refractivity contribution in [2.24, 2.45) is 5.84 Å². The fraction of sp³-hybridized carbons (Fsp3) is 0.500. The molecular formula is C12H19N5S2. The Balaban J connectivity index is 2.44. The van der Waals surface area contributed by atoms with Crippen molar-refractivity contribution in [2.75, 3.05) is 29.4 Å². The predicted molar refractivity (Wildman–Crippen MR) is 86.1 cm³/mol. The molecule has 0 spiro atoms. The lowest BCUT2D eigenvalue weighted by molar-refractivity contribution is 0.668. The Bertz CT molecular complexity index is 542. The minimum absolute atomic E-state index is 0.457.